The van der Waals surface area contributed by atoms with Gasteiger partial charge in [0.15, 0.2) is 0 Å². The Kier molecular flexibility index (Phi) is 5.97. The van der Waals surface area contributed by atoms with E-state index in [1.807, 2.05) is 60.7 Å². The predicted molar refractivity (Wildman–Crippen MR) is 129 cm³/mol. The lowest BCUT2D eigenvalue weighted by molar-refractivity contribution is -0.116. The second-order valence-electron chi connectivity index (χ2n) is 7.81. The summed E-state index contributed by atoms with van der Waals surface area (Å²) >= 11 is 1.31. The van der Waals surface area contributed by atoms with Gasteiger partial charge in [-0.25, -0.2) is 0 Å². The largest absolute Gasteiger partial charge is 0.300 e. The number of rotatable bonds is 7. The first-order valence-electron chi connectivity index (χ1n) is 10.8. The Morgan fingerprint density at radius 2 is 1.32 bits per heavy atom. The minimum atomic E-state index is -0.375. The lowest BCUT2D eigenvalue weighted by Gasteiger charge is -2.14. The van der Waals surface area contributed by atoms with Crippen LogP contribution in [0.5, 0.6) is 0 Å². The molecule has 1 aromatic heterocycles. The number of amides is 3. The van der Waals surface area contributed by atoms with E-state index < -0.39 is 0 Å². The van der Waals surface area contributed by atoms with Crippen molar-refractivity contribution in [1.82, 2.24) is 15.1 Å². The van der Waals surface area contributed by atoms with Gasteiger partial charge in [0.05, 0.1) is 17.0 Å². The molecule has 0 radical (unpaired) electrons. The molecule has 0 bridgehead atoms. The highest BCUT2D eigenvalue weighted by Gasteiger charge is 2.35. The highest BCUT2D eigenvalue weighted by molar-refractivity contribution is 7.15. The third-order valence-electron chi connectivity index (χ3n) is 5.64. The van der Waals surface area contributed by atoms with Crippen molar-refractivity contribution in [3.05, 3.63) is 112 Å². The molecule has 4 aromatic rings. The van der Waals surface area contributed by atoms with Crippen molar-refractivity contribution in [3.63, 3.8) is 0 Å². The molecule has 8 heteroatoms. The van der Waals surface area contributed by atoms with Gasteiger partial charge in [-0.15, -0.1) is 10.2 Å². The zero-order valence-electron chi connectivity index (χ0n) is 18.0. The van der Waals surface area contributed by atoms with E-state index in [2.05, 4.69) is 15.5 Å². The number of imide groups is 1. The Labute approximate surface area is 200 Å². The van der Waals surface area contributed by atoms with Gasteiger partial charge in [-0.1, -0.05) is 84.1 Å². The van der Waals surface area contributed by atoms with Crippen LogP contribution in [0.2, 0.25) is 0 Å². The molecular weight excluding hydrogens is 448 g/mol. The molecule has 168 valence electrons. The molecule has 0 atom stereocenters. The molecule has 1 aliphatic heterocycles. The number of nitrogens with one attached hydrogen (secondary N) is 1. The van der Waals surface area contributed by atoms with Gasteiger partial charge in [-0.05, 0) is 23.3 Å². The minimum absolute atomic E-state index is 0.000493. The number of carbonyl (C=O) groups is 3. The SMILES string of the molecule is O=C(CCN1C(=O)c2ccccc2C1=O)Nc1nnc(C(c2ccccc2)c2ccccc2)s1. The van der Waals surface area contributed by atoms with Gasteiger partial charge >= 0.3 is 0 Å². The first kappa shape index (κ1) is 21.7. The molecule has 1 N–H and O–H groups in total. The fraction of sp³-hybridized carbons (Fsp3) is 0.115. The number of aromatic nitrogens is 2. The van der Waals surface area contributed by atoms with Crippen molar-refractivity contribution in [3.8, 4) is 0 Å². The second-order valence-corrected chi connectivity index (χ2v) is 8.81. The number of anilines is 1. The minimum Gasteiger partial charge on any atom is -0.300 e. The molecule has 1 aliphatic rings. The third-order valence-corrected chi connectivity index (χ3v) is 6.54. The second kappa shape index (κ2) is 9.36. The summed E-state index contributed by atoms with van der Waals surface area (Å²) in [5.74, 6) is -1.19. The smallest absolute Gasteiger partial charge is 0.261 e. The standard InChI is InChI=1S/C26H20N4O3S/c31-21(15-16-30-24(32)19-13-7-8-14-20(19)25(30)33)27-26-29-28-23(34-26)22(17-9-3-1-4-10-17)18-11-5-2-6-12-18/h1-14,22H,15-16H2,(H,27,29,31). The van der Waals surface area contributed by atoms with Gasteiger partial charge in [0, 0.05) is 13.0 Å². The van der Waals surface area contributed by atoms with Crippen LogP contribution in [-0.2, 0) is 4.79 Å². The predicted octanol–water partition coefficient (Wildman–Crippen LogP) is 4.34. The van der Waals surface area contributed by atoms with Crippen molar-refractivity contribution in [1.29, 1.82) is 0 Å². The molecular formula is C26H20N4O3S. The van der Waals surface area contributed by atoms with Crippen molar-refractivity contribution < 1.29 is 14.4 Å². The van der Waals surface area contributed by atoms with Crippen LogP contribution in [0.1, 0.15) is 49.2 Å². The number of carbonyl (C=O) groups excluding carboxylic acids is 3. The molecule has 3 amide bonds. The Morgan fingerprint density at radius 3 is 1.88 bits per heavy atom. The normalized spacial score (nSPS) is 12.8. The number of fused-ring (bicyclic) bond motifs is 1. The van der Waals surface area contributed by atoms with E-state index >= 15 is 0 Å². The molecule has 34 heavy (non-hydrogen) atoms. The van der Waals surface area contributed by atoms with E-state index in [-0.39, 0.29) is 36.6 Å². The molecule has 2 heterocycles. The van der Waals surface area contributed by atoms with E-state index in [4.69, 9.17) is 0 Å². The average Bonchev–Trinajstić information content (AvgIpc) is 3.42. The maximum atomic E-state index is 12.6. The number of nitrogens with zero attached hydrogens (tertiary/aromatic N) is 3. The van der Waals surface area contributed by atoms with E-state index in [1.54, 1.807) is 24.3 Å². The van der Waals surface area contributed by atoms with Crippen LogP contribution in [0.25, 0.3) is 0 Å². The van der Waals surface area contributed by atoms with Crippen LogP contribution in [0, 0.1) is 0 Å². The lowest BCUT2D eigenvalue weighted by atomic mass is 9.92. The summed E-state index contributed by atoms with van der Waals surface area (Å²) in [6.07, 6.45) is -0.0266. The summed E-state index contributed by atoms with van der Waals surface area (Å²) in [5.41, 5.74) is 2.89. The molecule has 0 aliphatic carbocycles. The first-order chi connectivity index (χ1) is 16.6. The van der Waals surface area contributed by atoms with Crippen molar-refractivity contribution >= 4 is 34.2 Å². The number of benzene rings is 3. The van der Waals surface area contributed by atoms with Gasteiger partial charge in [0.1, 0.15) is 5.01 Å². The molecule has 0 spiro atoms. The summed E-state index contributed by atoms with van der Waals surface area (Å²) in [4.78, 5) is 38.6. The highest BCUT2D eigenvalue weighted by atomic mass is 32.1. The van der Waals surface area contributed by atoms with Gasteiger partial charge in [-0.2, -0.15) is 0 Å². The zero-order chi connectivity index (χ0) is 23.5. The Morgan fingerprint density at radius 1 is 0.794 bits per heavy atom. The molecule has 7 nitrogen and oxygen atoms in total. The topological polar surface area (TPSA) is 92.3 Å². The maximum absolute atomic E-state index is 12.6. The van der Waals surface area contributed by atoms with E-state index in [0.29, 0.717) is 16.3 Å². The fourth-order valence-electron chi connectivity index (χ4n) is 4.01. The lowest BCUT2D eigenvalue weighted by Crippen LogP contribution is -2.32. The Balaban J connectivity index is 1.27. The van der Waals surface area contributed by atoms with Crippen LogP contribution in [0.3, 0.4) is 0 Å². The maximum Gasteiger partial charge on any atom is 0.261 e. The molecule has 0 saturated carbocycles. The zero-order valence-corrected chi connectivity index (χ0v) is 18.9. The van der Waals surface area contributed by atoms with Crippen molar-refractivity contribution in [2.75, 3.05) is 11.9 Å². The van der Waals surface area contributed by atoms with Crippen LogP contribution in [0.4, 0.5) is 5.13 Å². The molecule has 0 fully saturated rings. The van der Waals surface area contributed by atoms with Gasteiger partial charge in [0.25, 0.3) is 11.8 Å². The van der Waals surface area contributed by atoms with Crippen LogP contribution < -0.4 is 5.32 Å². The summed E-state index contributed by atoms with van der Waals surface area (Å²) in [6.45, 7) is 0.000493. The van der Waals surface area contributed by atoms with Crippen molar-refractivity contribution in [2.24, 2.45) is 0 Å². The van der Waals surface area contributed by atoms with E-state index in [1.165, 1.54) is 11.3 Å². The Hall–Kier alpha value is -4.17. The quantitative estimate of drug-likeness (QED) is 0.407. The fourth-order valence-corrected chi connectivity index (χ4v) is 4.92. The van der Waals surface area contributed by atoms with Gasteiger partial charge in [-0.3, -0.25) is 19.3 Å². The molecule has 5 rings (SSSR count). The molecule has 0 saturated heterocycles. The number of hydrogen-bond donors (Lipinski definition) is 1. The first-order valence-corrected chi connectivity index (χ1v) is 11.6. The monoisotopic (exact) mass is 468 g/mol. The van der Waals surface area contributed by atoms with E-state index in [0.717, 1.165) is 21.0 Å². The summed E-state index contributed by atoms with van der Waals surface area (Å²) in [7, 11) is 0. The summed E-state index contributed by atoms with van der Waals surface area (Å²) < 4.78 is 0. The van der Waals surface area contributed by atoms with Gasteiger partial charge in [0.2, 0.25) is 11.0 Å². The summed E-state index contributed by atoms with van der Waals surface area (Å²) in [6, 6.07) is 26.7. The summed E-state index contributed by atoms with van der Waals surface area (Å²) in [5, 5.41) is 12.4. The van der Waals surface area contributed by atoms with Crippen LogP contribution >= 0.6 is 11.3 Å². The average molecular weight is 469 g/mol. The van der Waals surface area contributed by atoms with Crippen LogP contribution in [0.15, 0.2) is 84.9 Å². The van der Waals surface area contributed by atoms with Crippen molar-refractivity contribution in [2.45, 2.75) is 12.3 Å². The highest BCUT2D eigenvalue weighted by Crippen LogP contribution is 2.34. The molecule has 3 aromatic carbocycles. The third kappa shape index (κ3) is 4.23. The Bertz CT molecular complexity index is 1280. The molecule has 0 unspecified atom stereocenters. The van der Waals surface area contributed by atoms with Crippen LogP contribution in [-0.4, -0.2) is 39.4 Å². The number of hydrogen-bond acceptors (Lipinski definition) is 6. The van der Waals surface area contributed by atoms with E-state index in [9.17, 15) is 14.4 Å². The van der Waals surface area contributed by atoms with Gasteiger partial charge < -0.3 is 5.32 Å².